The lowest BCUT2D eigenvalue weighted by Gasteiger charge is -2.20. The van der Waals surface area contributed by atoms with Gasteiger partial charge in [-0.25, -0.2) is 8.42 Å². The lowest BCUT2D eigenvalue weighted by molar-refractivity contribution is -0.148. The van der Waals surface area contributed by atoms with Gasteiger partial charge in [0.15, 0.2) is 5.76 Å². The van der Waals surface area contributed by atoms with Gasteiger partial charge < -0.3 is 13.7 Å². The molecule has 3 aromatic heterocycles. The lowest BCUT2D eigenvalue weighted by atomic mass is 10.1. The van der Waals surface area contributed by atoms with Gasteiger partial charge in [0.05, 0.1) is 6.26 Å². The quantitative estimate of drug-likeness (QED) is 0.568. The van der Waals surface area contributed by atoms with Crippen LogP contribution in [0.1, 0.15) is 19.5 Å². The van der Waals surface area contributed by atoms with Crippen LogP contribution in [-0.4, -0.2) is 25.6 Å². The van der Waals surface area contributed by atoms with Gasteiger partial charge in [-0.1, -0.05) is 25.1 Å². The highest BCUT2D eigenvalue weighted by Crippen LogP contribution is 2.21. The van der Waals surface area contributed by atoms with E-state index in [2.05, 4.69) is 9.88 Å². The molecule has 0 fully saturated rings. The normalized spacial score (nSPS) is 13.0. The molecule has 3 rings (SSSR count). The Morgan fingerprint density at radius 1 is 1.30 bits per heavy atom. The Kier molecular flexibility index (Phi) is 5.78. The molecule has 0 bridgehead atoms. The Labute approximate surface area is 160 Å². The molecule has 1 atom stereocenters. The highest BCUT2D eigenvalue weighted by Gasteiger charge is 2.30. The number of hydrogen-bond acceptors (Lipinski definition) is 8. The van der Waals surface area contributed by atoms with Gasteiger partial charge in [0.25, 0.3) is 10.0 Å². The summed E-state index contributed by atoms with van der Waals surface area (Å²) in [5.41, 5.74) is 0.387. The molecule has 0 aliphatic rings. The number of carbonyl (C=O) groups excluding carboxylic acids is 1. The van der Waals surface area contributed by atoms with Gasteiger partial charge in [0, 0.05) is 6.07 Å². The van der Waals surface area contributed by atoms with E-state index in [1.807, 2.05) is 0 Å². The molecular weight excluding hydrogens is 392 g/mol. The Morgan fingerprint density at radius 2 is 2.11 bits per heavy atom. The smallest absolute Gasteiger partial charge is 0.324 e. The summed E-state index contributed by atoms with van der Waals surface area (Å²) in [7, 11) is -3.79. The van der Waals surface area contributed by atoms with E-state index in [9.17, 15) is 13.2 Å². The van der Waals surface area contributed by atoms with Crippen LogP contribution in [0.2, 0.25) is 0 Å². The fourth-order valence-corrected chi connectivity index (χ4v) is 4.59. The third-order valence-electron chi connectivity index (χ3n) is 3.65. The first-order valence-corrected chi connectivity index (χ1v) is 10.4. The van der Waals surface area contributed by atoms with Crippen molar-refractivity contribution in [3.63, 3.8) is 0 Å². The number of nitrogens with zero attached hydrogens (tertiary/aromatic N) is 1. The molecular formula is C17H18N2O6S2. The van der Waals surface area contributed by atoms with Crippen molar-refractivity contribution in [3.8, 4) is 11.5 Å². The van der Waals surface area contributed by atoms with Crippen molar-refractivity contribution in [3.05, 3.63) is 47.7 Å². The third kappa shape index (κ3) is 4.65. The zero-order chi connectivity index (χ0) is 19.4. The zero-order valence-electron chi connectivity index (χ0n) is 14.6. The number of carbonyl (C=O) groups is 1. The first-order valence-electron chi connectivity index (χ1n) is 8.09. The number of esters is 1. The second-order valence-corrected chi connectivity index (χ2v) is 8.93. The number of nitrogens with one attached hydrogen (secondary N) is 1. The number of ether oxygens (including phenoxy) is 1. The minimum atomic E-state index is -3.79. The van der Waals surface area contributed by atoms with E-state index in [0.29, 0.717) is 17.2 Å². The van der Waals surface area contributed by atoms with Crippen LogP contribution in [0.3, 0.4) is 0 Å². The first kappa shape index (κ1) is 19.3. The number of thiophene rings is 1. The maximum absolute atomic E-state index is 12.4. The molecule has 0 saturated heterocycles. The summed E-state index contributed by atoms with van der Waals surface area (Å²) in [5.74, 6) is -0.0791. The van der Waals surface area contributed by atoms with Crippen LogP contribution >= 0.6 is 11.3 Å². The average Bonchev–Trinajstić information content (AvgIpc) is 3.39. The summed E-state index contributed by atoms with van der Waals surface area (Å²) >= 11 is 1.07. The Bertz CT molecular complexity index is 975. The van der Waals surface area contributed by atoms with E-state index < -0.39 is 22.0 Å². The summed E-state index contributed by atoms with van der Waals surface area (Å²) in [6.45, 7) is 3.31. The van der Waals surface area contributed by atoms with Crippen LogP contribution in [-0.2, 0) is 26.2 Å². The number of hydrogen-bond donors (Lipinski definition) is 1. The Balaban J connectivity index is 1.64. The molecule has 0 unspecified atom stereocenters. The van der Waals surface area contributed by atoms with Gasteiger partial charge in [-0.05, 0) is 29.5 Å². The minimum absolute atomic E-state index is 0.139. The van der Waals surface area contributed by atoms with E-state index in [-0.39, 0.29) is 16.7 Å². The largest absolute Gasteiger partial charge is 0.461 e. The molecule has 0 aromatic carbocycles. The molecule has 3 heterocycles. The van der Waals surface area contributed by atoms with E-state index in [1.54, 1.807) is 43.5 Å². The van der Waals surface area contributed by atoms with Crippen molar-refractivity contribution in [2.24, 2.45) is 5.92 Å². The Morgan fingerprint density at radius 3 is 2.74 bits per heavy atom. The van der Waals surface area contributed by atoms with E-state index in [4.69, 9.17) is 13.7 Å². The molecule has 3 aromatic rings. The maximum Gasteiger partial charge on any atom is 0.324 e. The van der Waals surface area contributed by atoms with Crippen LogP contribution in [0.25, 0.3) is 11.5 Å². The van der Waals surface area contributed by atoms with Crippen molar-refractivity contribution in [1.82, 2.24) is 9.88 Å². The summed E-state index contributed by atoms with van der Waals surface area (Å²) in [6.07, 6.45) is 1.50. The summed E-state index contributed by atoms with van der Waals surface area (Å²) in [4.78, 5) is 12.4. The van der Waals surface area contributed by atoms with Gasteiger partial charge in [-0.3, -0.25) is 4.79 Å². The molecule has 0 saturated carbocycles. The third-order valence-corrected chi connectivity index (χ3v) is 6.49. The van der Waals surface area contributed by atoms with Crippen molar-refractivity contribution in [2.75, 3.05) is 0 Å². The highest BCUT2D eigenvalue weighted by molar-refractivity contribution is 7.91. The number of aromatic nitrogens is 1. The monoisotopic (exact) mass is 410 g/mol. The number of sulfonamides is 1. The minimum Gasteiger partial charge on any atom is -0.461 e. The van der Waals surface area contributed by atoms with Crippen LogP contribution in [0.5, 0.6) is 0 Å². The topological polar surface area (TPSA) is 112 Å². The standard InChI is InChI=1S/C17H18N2O6S2/c1-11(2)16(19-27(21,22)15-6-4-8-26-15)17(20)24-10-12-9-14(25-18-12)13-5-3-7-23-13/h3-9,11,16,19H,10H2,1-2H3/t16-/m1/s1. The molecule has 0 aliphatic carbocycles. The van der Waals surface area contributed by atoms with Crippen molar-refractivity contribution < 1.29 is 26.9 Å². The maximum atomic E-state index is 12.4. The molecule has 0 aliphatic heterocycles. The van der Waals surface area contributed by atoms with Gasteiger partial charge in [0.2, 0.25) is 5.76 Å². The van der Waals surface area contributed by atoms with E-state index in [1.165, 1.54) is 12.3 Å². The first-order chi connectivity index (χ1) is 12.9. The lowest BCUT2D eigenvalue weighted by Crippen LogP contribution is -2.45. The van der Waals surface area contributed by atoms with Crippen molar-refractivity contribution in [2.45, 2.75) is 30.7 Å². The SMILES string of the molecule is CC(C)[C@@H](NS(=O)(=O)c1cccs1)C(=O)OCc1cc(-c2ccco2)on1. The summed E-state index contributed by atoms with van der Waals surface area (Å²) < 4.78 is 42.9. The van der Waals surface area contributed by atoms with Crippen LogP contribution < -0.4 is 4.72 Å². The van der Waals surface area contributed by atoms with Gasteiger partial charge >= 0.3 is 5.97 Å². The van der Waals surface area contributed by atoms with Crippen LogP contribution in [0, 0.1) is 5.92 Å². The van der Waals surface area contributed by atoms with E-state index >= 15 is 0 Å². The van der Waals surface area contributed by atoms with Gasteiger partial charge in [0.1, 0.15) is 22.6 Å². The molecule has 0 spiro atoms. The van der Waals surface area contributed by atoms with Crippen LogP contribution in [0.15, 0.2) is 55.1 Å². The molecule has 27 heavy (non-hydrogen) atoms. The summed E-state index contributed by atoms with van der Waals surface area (Å²) in [6, 6.07) is 7.10. The average molecular weight is 410 g/mol. The van der Waals surface area contributed by atoms with Gasteiger partial charge in [-0.15, -0.1) is 11.3 Å². The van der Waals surface area contributed by atoms with Crippen LogP contribution in [0.4, 0.5) is 0 Å². The molecule has 8 nitrogen and oxygen atoms in total. The fourth-order valence-electron chi connectivity index (χ4n) is 2.25. The fraction of sp³-hybridized carbons (Fsp3) is 0.294. The molecule has 0 radical (unpaired) electrons. The number of rotatable bonds is 8. The molecule has 0 amide bonds. The second kappa shape index (κ2) is 8.07. The molecule has 10 heteroatoms. The van der Waals surface area contributed by atoms with Crippen molar-refractivity contribution in [1.29, 1.82) is 0 Å². The highest BCUT2D eigenvalue weighted by atomic mass is 32.2. The molecule has 1 N–H and O–H groups in total. The molecule has 144 valence electrons. The zero-order valence-corrected chi connectivity index (χ0v) is 16.2. The number of furan rings is 1. The predicted octanol–water partition coefficient (Wildman–Crippen LogP) is 3.04. The second-order valence-electron chi connectivity index (χ2n) is 6.04. The predicted molar refractivity (Wildman–Crippen MR) is 97.3 cm³/mol. The summed E-state index contributed by atoms with van der Waals surface area (Å²) in [5, 5.41) is 5.47. The van der Waals surface area contributed by atoms with Crippen molar-refractivity contribution >= 4 is 27.3 Å². The van der Waals surface area contributed by atoms with Gasteiger partial charge in [-0.2, -0.15) is 4.72 Å². The van der Waals surface area contributed by atoms with E-state index in [0.717, 1.165) is 11.3 Å². The Hall–Kier alpha value is -2.43.